The summed E-state index contributed by atoms with van der Waals surface area (Å²) in [6.45, 7) is 2.61. The maximum absolute atomic E-state index is 13.0. The number of methoxy groups -OCH3 is 1. The lowest BCUT2D eigenvalue weighted by molar-refractivity contribution is -0.131. The number of carbonyl (C=O) groups excluding carboxylic acids is 1. The van der Waals surface area contributed by atoms with Gasteiger partial charge in [-0.15, -0.1) is 16.4 Å². The van der Waals surface area contributed by atoms with Gasteiger partial charge in [-0.25, -0.2) is 5.10 Å². The fourth-order valence-electron chi connectivity index (χ4n) is 2.78. The first-order valence-electron chi connectivity index (χ1n) is 8.80. The van der Waals surface area contributed by atoms with Gasteiger partial charge in [-0.2, -0.15) is 4.98 Å². The second-order valence-corrected chi connectivity index (χ2v) is 8.27. The van der Waals surface area contributed by atoms with Crippen LogP contribution in [-0.2, 0) is 17.8 Å². The lowest BCUT2D eigenvalue weighted by atomic mass is 10.1. The number of nitrogens with zero attached hydrogens (tertiary/aromatic N) is 3. The molecule has 1 atom stereocenters. The molecule has 0 bridgehead atoms. The largest absolute Gasteiger partial charge is 0.497 e. The van der Waals surface area contributed by atoms with Crippen molar-refractivity contribution in [3.63, 3.8) is 0 Å². The summed E-state index contributed by atoms with van der Waals surface area (Å²) in [6, 6.07) is 12.0. The summed E-state index contributed by atoms with van der Waals surface area (Å²) in [5, 5.41) is 9.09. The first kappa shape index (κ1) is 20.2. The van der Waals surface area contributed by atoms with Gasteiger partial charge in [-0.3, -0.25) is 4.79 Å². The van der Waals surface area contributed by atoms with Crippen molar-refractivity contribution < 1.29 is 9.53 Å². The minimum atomic E-state index is 0.0354. The fourth-order valence-corrected chi connectivity index (χ4v) is 4.30. The van der Waals surface area contributed by atoms with Crippen LogP contribution in [0.25, 0.3) is 0 Å². The van der Waals surface area contributed by atoms with Crippen molar-refractivity contribution >= 4 is 35.0 Å². The number of nitrogen functional groups attached to an aromatic ring is 1. The van der Waals surface area contributed by atoms with E-state index in [2.05, 4.69) is 33.6 Å². The molecule has 0 spiro atoms. The molecule has 2 aromatic heterocycles. The Hall–Kier alpha value is -2.52. The number of H-pyrrole nitrogens is 1. The van der Waals surface area contributed by atoms with Gasteiger partial charge in [0.1, 0.15) is 5.75 Å². The zero-order valence-electron chi connectivity index (χ0n) is 15.8. The normalized spacial score (nSPS) is 11.9. The zero-order valence-corrected chi connectivity index (χ0v) is 17.4. The fraction of sp³-hybridized carbons (Fsp3) is 0.316. The zero-order chi connectivity index (χ0) is 19.9. The number of amides is 1. The number of nitrogens with two attached hydrogens (primary N) is 1. The van der Waals surface area contributed by atoms with Crippen molar-refractivity contribution in [3.8, 4) is 5.75 Å². The highest BCUT2D eigenvalue weighted by atomic mass is 32.2. The number of benzene rings is 1. The van der Waals surface area contributed by atoms with E-state index in [9.17, 15) is 4.79 Å². The van der Waals surface area contributed by atoms with Gasteiger partial charge in [0.2, 0.25) is 17.0 Å². The molecule has 2 heterocycles. The molecule has 0 aliphatic heterocycles. The van der Waals surface area contributed by atoms with E-state index in [0.29, 0.717) is 11.7 Å². The molecule has 0 radical (unpaired) electrons. The average molecular weight is 418 g/mol. The van der Waals surface area contributed by atoms with Crippen LogP contribution in [0.5, 0.6) is 5.75 Å². The predicted octanol–water partition coefficient (Wildman–Crippen LogP) is 3.21. The first-order chi connectivity index (χ1) is 13.5. The number of anilines is 1. The number of thioether (sulfide) groups is 1. The van der Waals surface area contributed by atoms with Crippen LogP contribution in [-0.4, -0.2) is 44.9 Å². The van der Waals surface area contributed by atoms with E-state index in [0.717, 1.165) is 17.7 Å². The van der Waals surface area contributed by atoms with Gasteiger partial charge in [0.15, 0.2) is 0 Å². The van der Waals surface area contributed by atoms with Crippen LogP contribution in [0, 0.1) is 0 Å². The van der Waals surface area contributed by atoms with Gasteiger partial charge in [0.05, 0.1) is 12.9 Å². The highest BCUT2D eigenvalue weighted by Crippen LogP contribution is 2.21. The molecule has 3 aromatic rings. The van der Waals surface area contributed by atoms with Crippen molar-refractivity contribution in [2.75, 3.05) is 18.6 Å². The van der Waals surface area contributed by atoms with E-state index in [4.69, 9.17) is 10.5 Å². The number of hydrogen-bond acceptors (Lipinski definition) is 7. The molecule has 1 amide bonds. The Balaban J connectivity index is 1.70. The molecule has 148 valence electrons. The molecule has 7 nitrogen and oxygen atoms in total. The quantitative estimate of drug-likeness (QED) is 0.519. The maximum Gasteiger partial charge on any atom is 0.233 e. The Morgan fingerprint density at radius 1 is 1.36 bits per heavy atom. The van der Waals surface area contributed by atoms with Crippen molar-refractivity contribution in [1.82, 2.24) is 20.1 Å². The molecular weight excluding hydrogens is 394 g/mol. The van der Waals surface area contributed by atoms with E-state index in [1.54, 1.807) is 18.4 Å². The Morgan fingerprint density at radius 3 is 2.75 bits per heavy atom. The summed E-state index contributed by atoms with van der Waals surface area (Å²) in [5.41, 5.74) is 6.60. The topological polar surface area (TPSA) is 97.1 Å². The monoisotopic (exact) mass is 417 g/mol. The molecule has 0 aliphatic carbocycles. The number of hydrogen-bond donors (Lipinski definition) is 2. The van der Waals surface area contributed by atoms with Gasteiger partial charge in [0.25, 0.3) is 0 Å². The lowest BCUT2D eigenvalue weighted by Crippen LogP contribution is -2.40. The SMILES string of the molecule is COc1ccc(CN(C(=O)CSc2n[nH]c(N)n2)[C@@H](C)Cc2cccs2)cc1. The van der Waals surface area contributed by atoms with E-state index in [-0.39, 0.29) is 23.7 Å². The van der Waals surface area contributed by atoms with Crippen LogP contribution in [0.2, 0.25) is 0 Å². The smallest absolute Gasteiger partial charge is 0.233 e. The van der Waals surface area contributed by atoms with Crippen LogP contribution < -0.4 is 10.5 Å². The number of thiophene rings is 1. The highest BCUT2D eigenvalue weighted by molar-refractivity contribution is 7.99. The Labute approximate surface area is 172 Å². The number of carbonyl (C=O) groups is 1. The average Bonchev–Trinajstić information content (AvgIpc) is 3.36. The third-order valence-electron chi connectivity index (χ3n) is 4.25. The predicted molar refractivity (Wildman–Crippen MR) is 113 cm³/mol. The molecule has 0 saturated heterocycles. The van der Waals surface area contributed by atoms with Crippen molar-refractivity contribution in [2.24, 2.45) is 0 Å². The second-order valence-electron chi connectivity index (χ2n) is 6.29. The van der Waals surface area contributed by atoms with E-state index >= 15 is 0 Å². The molecule has 1 aromatic carbocycles. The summed E-state index contributed by atoms with van der Waals surface area (Å²) in [6.07, 6.45) is 0.817. The maximum atomic E-state index is 13.0. The Kier molecular flexibility index (Phi) is 6.94. The molecule has 0 saturated carbocycles. The van der Waals surface area contributed by atoms with Crippen LogP contribution in [0.15, 0.2) is 46.9 Å². The van der Waals surface area contributed by atoms with E-state index < -0.39 is 0 Å². The third kappa shape index (κ3) is 5.49. The number of aromatic amines is 1. The third-order valence-corrected chi connectivity index (χ3v) is 5.98. The summed E-state index contributed by atoms with van der Waals surface area (Å²) in [5.74, 6) is 1.33. The molecule has 0 fully saturated rings. The molecule has 3 N–H and O–H groups in total. The number of ether oxygens (including phenoxy) is 1. The van der Waals surface area contributed by atoms with Crippen LogP contribution in [0.3, 0.4) is 0 Å². The molecule has 9 heteroatoms. The number of rotatable bonds is 9. The Morgan fingerprint density at radius 2 is 2.14 bits per heavy atom. The molecule has 28 heavy (non-hydrogen) atoms. The minimum Gasteiger partial charge on any atom is -0.497 e. The van der Waals surface area contributed by atoms with Gasteiger partial charge in [0, 0.05) is 23.9 Å². The van der Waals surface area contributed by atoms with E-state index in [1.807, 2.05) is 35.2 Å². The van der Waals surface area contributed by atoms with Crippen LogP contribution in [0.1, 0.15) is 17.4 Å². The summed E-state index contributed by atoms with van der Waals surface area (Å²) in [4.78, 5) is 20.2. The van der Waals surface area contributed by atoms with Crippen molar-refractivity contribution in [3.05, 3.63) is 52.2 Å². The standard InChI is InChI=1S/C19H23N5O2S2/c1-13(10-16-4-3-9-27-16)24(11-14-5-7-15(26-2)8-6-14)17(25)12-28-19-21-18(20)22-23-19/h3-9,13H,10-12H2,1-2H3,(H3,20,21,22,23)/t13-/m0/s1. The molecule has 0 aliphatic rings. The van der Waals surface area contributed by atoms with Crippen LogP contribution >= 0.6 is 23.1 Å². The molecular formula is C19H23N5O2S2. The molecule has 3 rings (SSSR count). The van der Waals surface area contributed by atoms with Gasteiger partial charge in [-0.05, 0) is 36.1 Å². The van der Waals surface area contributed by atoms with Crippen LogP contribution in [0.4, 0.5) is 5.95 Å². The first-order valence-corrected chi connectivity index (χ1v) is 10.7. The van der Waals surface area contributed by atoms with E-state index in [1.165, 1.54) is 16.6 Å². The van der Waals surface area contributed by atoms with Gasteiger partial charge in [-0.1, -0.05) is 30.0 Å². The number of nitrogens with one attached hydrogen (secondary N) is 1. The van der Waals surface area contributed by atoms with Crippen molar-refractivity contribution in [2.45, 2.75) is 31.1 Å². The number of aromatic nitrogens is 3. The second kappa shape index (κ2) is 9.61. The van der Waals surface area contributed by atoms with Gasteiger partial charge >= 0.3 is 0 Å². The van der Waals surface area contributed by atoms with Gasteiger partial charge < -0.3 is 15.4 Å². The Bertz CT molecular complexity index is 880. The summed E-state index contributed by atoms with van der Waals surface area (Å²) < 4.78 is 5.22. The molecule has 0 unspecified atom stereocenters. The minimum absolute atomic E-state index is 0.0354. The summed E-state index contributed by atoms with van der Waals surface area (Å²) >= 11 is 2.98. The lowest BCUT2D eigenvalue weighted by Gasteiger charge is -2.29. The van der Waals surface area contributed by atoms with Crippen molar-refractivity contribution in [1.29, 1.82) is 0 Å². The highest BCUT2D eigenvalue weighted by Gasteiger charge is 2.22. The summed E-state index contributed by atoms with van der Waals surface area (Å²) in [7, 11) is 1.64.